The Kier molecular flexibility index (Phi) is 6.26. The minimum absolute atomic E-state index is 0.192. The number of ether oxygens (including phenoxy) is 1. The van der Waals surface area contributed by atoms with Crippen LogP contribution in [0.1, 0.15) is 46.5 Å². The van der Waals surface area contributed by atoms with Crippen LogP contribution in [-0.2, 0) is 9.53 Å². The van der Waals surface area contributed by atoms with E-state index in [-0.39, 0.29) is 6.10 Å². The molecule has 0 saturated carbocycles. The van der Waals surface area contributed by atoms with Crippen molar-refractivity contribution >= 4 is 12.0 Å². The maximum absolute atomic E-state index is 11.9. The fraction of sp³-hybridized carbons (Fsp3) is 0.857. The van der Waals surface area contributed by atoms with Gasteiger partial charge >= 0.3 is 12.0 Å². The second kappa shape index (κ2) is 7.47. The number of hydrogen-bond acceptors (Lipinski definition) is 3. The molecular weight excluding hydrogens is 260 g/mol. The summed E-state index contributed by atoms with van der Waals surface area (Å²) in [5.41, 5.74) is -1.18. The van der Waals surface area contributed by atoms with Gasteiger partial charge in [-0.1, -0.05) is 20.8 Å². The molecule has 2 unspecified atom stereocenters. The predicted molar refractivity (Wildman–Crippen MR) is 75.6 cm³/mol. The highest BCUT2D eigenvalue weighted by atomic mass is 16.5. The zero-order chi connectivity index (χ0) is 15.2. The molecule has 0 radical (unpaired) electrons. The summed E-state index contributed by atoms with van der Waals surface area (Å²) in [6.07, 6.45) is 2.77. The van der Waals surface area contributed by atoms with Crippen LogP contribution in [0.3, 0.4) is 0 Å². The van der Waals surface area contributed by atoms with Crippen LogP contribution < -0.4 is 10.6 Å². The van der Waals surface area contributed by atoms with Crippen molar-refractivity contribution in [3.63, 3.8) is 0 Å². The van der Waals surface area contributed by atoms with E-state index < -0.39 is 17.5 Å². The summed E-state index contributed by atoms with van der Waals surface area (Å²) < 4.78 is 5.56. The van der Waals surface area contributed by atoms with Gasteiger partial charge in [-0.25, -0.2) is 9.59 Å². The SMILES string of the molecule is CCC1OCCC1CNC(=O)NC(CC)(CC)C(=O)O. The first-order valence-electron chi connectivity index (χ1n) is 7.40. The quantitative estimate of drug-likeness (QED) is 0.665. The summed E-state index contributed by atoms with van der Waals surface area (Å²) in [5, 5.41) is 14.6. The third-order valence-electron chi connectivity index (χ3n) is 4.24. The van der Waals surface area contributed by atoms with E-state index >= 15 is 0 Å². The van der Waals surface area contributed by atoms with E-state index in [4.69, 9.17) is 4.74 Å². The number of nitrogens with one attached hydrogen (secondary N) is 2. The van der Waals surface area contributed by atoms with Crippen LogP contribution in [-0.4, -0.2) is 41.9 Å². The molecule has 6 nitrogen and oxygen atoms in total. The summed E-state index contributed by atoms with van der Waals surface area (Å²) in [5.74, 6) is -0.679. The van der Waals surface area contributed by atoms with Gasteiger partial charge in [0, 0.05) is 19.1 Å². The second-order valence-corrected chi connectivity index (χ2v) is 5.30. The predicted octanol–water partition coefficient (Wildman–Crippen LogP) is 1.74. The van der Waals surface area contributed by atoms with Crippen LogP contribution in [0, 0.1) is 5.92 Å². The molecule has 1 saturated heterocycles. The first-order valence-corrected chi connectivity index (χ1v) is 7.40. The normalized spacial score (nSPS) is 22.6. The molecule has 0 aliphatic carbocycles. The average Bonchev–Trinajstić information content (AvgIpc) is 2.89. The molecule has 1 aliphatic heterocycles. The molecule has 0 aromatic rings. The molecule has 20 heavy (non-hydrogen) atoms. The Labute approximate surface area is 120 Å². The zero-order valence-corrected chi connectivity index (χ0v) is 12.6. The van der Waals surface area contributed by atoms with Crippen molar-refractivity contribution < 1.29 is 19.4 Å². The van der Waals surface area contributed by atoms with Gasteiger partial charge in [0.2, 0.25) is 0 Å². The molecule has 2 amide bonds. The number of urea groups is 1. The molecule has 3 N–H and O–H groups in total. The third-order valence-corrected chi connectivity index (χ3v) is 4.24. The van der Waals surface area contributed by atoms with Crippen LogP contribution in [0.5, 0.6) is 0 Å². The Morgan fingerprint density at radius 3 is 2.45 bits per heavy atom. The van der Waals surface area contributed by atoms with Gasteiger partial charge in [0.1, 0.15) is 5.54 Å². The zero-order valence-electron chi connectivity index (χ0n) is 12.6. The number of carbonyl (C=O) groups is 2. The monoisotopic (exact) mass is 286 g/mol. The number of aliphatic carboxylic acids is 1. The van der Waals surface area contributed by atoms with Crippen molar-refractivity contribution in [3.05, 3.63) is 0 Å². The van der Waals surface area contributed by atoms with Crippen LogP contribution in [0.25, 0.3) is 0 Å². The first kappa shape index (κ1) is 16.8. The molecule has 1 rings (SSSR count). The molecule has 1 fully saturated rings. The van der Waals surface area contributed by atoms with Crippen molar-refractivity contribution in [3.8, 4) is 0 Å². The average molecular weight is 286 g/mol. The molecule has 2 atom stereocenters. The van der Waals surface area contributed by atoms with Gasteiger partial charge in [-0.2, -0.15) is 0 Å². The second-order valence-electron chi connectivity index (χ2n) is 5.30. The number of carbonyl (C=O) groups excluding carboxylic acids is 1. The lowest BCUT2D eigenvalue weighted by molar-refractivity contribution is -0.144. The van der Waals surface area contributed by atoms with Crippen LogP contribution in [0.2, 0.25) is 0 Å². The Bertz CT molecular complexity index is 342. The minimum atomic E-state index is -1.18. The highest BCUT2D eigenvalue weighted by Crippen LogP contribution is 2.22. The Balaban J connectivity index is 2.48. The first-order chi connectivity index (χ1) is 9.49. The standard InChI is InChI=1S/C14H26N2O4/c1-4-11-10(7-8-20-11)9-15-13(19)16-14(5-2,6-3)12(17)18/h10-11H,4-9H2,1-3H3,(H,17,18)(H2,15,16,19). The van der Waals surface area contributed by atoms with Gasteiger partial charge in [0.05, 0.1) is 6.10 Å². The van der Waals surface area contributed by atoms with E-state index in [2.05, 4.69) is 17.6 Å². The van der Waals surface area contributed by atoms with Crippen molar-refractivity contribution in [2.24, 2.45) is 5.92 Å². The summed E-state index contributed by atoms with van der Waals surface area (Å²) in [7, 11) is 0. The molecule has 0 spiro atoms. The van der Waals surface area contributed by atoms with Gasteiger partial charge in [-0.3, -0.25) is 0 Å². The van der Waals surface area contributed by atoms with E-state index in [1.54, 1.807) is 13.8 Å². The van der Waals surface area contributed by atoms with E-state index in [0.29, 0.717) is 25.3 Å². The van der Waals surface area contributed by atoms with Gasteiger partial charge in [-0.05, 0) is 25.7 Å². The number of rotatable bonds is 7. The molecule has 1 heterocycles. The minimum Gasteiger partial charge on any atom is -0.480 e. The van der Waals surface area contributed by atoms with Crippen LogP contribution in [0.4, 0.5) is 4.79 Å². The number of amides is 2. The summed E-state index contributed by atoms with van der Waals surface area (Å²) in [6, 6.07) is -0.419. The van der Waals surface area contributed by atoms with Crippen molar-refractivity contribution in [2.45, 2.75) is 58.1 Å². The van der Waals surface area contributed by atoms with E-state index in [0.717, 1.165) is 19.4 Å². The Morgan fingerprint density at radius 2 is 1.95 bits per heavy atom. The number of hydrogen-bond donors (Lipinski definition) is 3. The van der Waals surface area contributed by atoms with Gasteiger partial charge in [0.15, 0.2) is 0 Å². The van der Waals surface area contributed by atoms with Crippen molar-refractivity contribution in [1.82, 2.24) is 10.6 Å². The van der Waals surface area contributed by atoms with E-state index in [1.165, 1.54) is 0 Å². The van der Waals surface area contributed by atoms with Gasteiger partial charge in [0.25, 0.3) is 0 Å². The highest BCUT2D eigenvalue weighted by Gasteiger charge is 2.36. The largest absolute Gasteiger partial charge is 0.480 e. The number of carboxylic acid groups (broad SMARTS) is 1. The fourth-order valence-corrected chi connectivity index (χ4v) is 2.65. The van der Waals surface area contributed by atoms with Crippen LogP contribution >= 0.6 is 0 Å². The van der Waals surface area contributed by atoms with Crippen molar-refractivity contribution in [1.29, 1.82) is 0 Å². The summed E-state index contributed by atoms with van der Waals surface area (Å²) in [4.78, 5) is 23.2. The molecular formula is C14H26N2O4. The lowest BCUT2D eigenvalue weighted by Gasteiger charge is -2.28. The molecule has 116 valence electrons. The lowest BCUT2D eigenvalue weighted by atomic mass is 9.93. The highest BCUT2D eigenvalue weighted by molar-refractivity contribution is 5.86. The Hall–Kier alpha value is -1.30. The third kappa shape index (κ3) is 3.85. The van der Waals surface area contributed by atoms with Gasteiger partial charge in [-0.15, -0.1) is 0 Å². The van der Waals surface area contributed by atoms with Gasteiger partial charge < -0.3 is 20.5 Å². The number of carboxylic acids is 1. The Morgan fingerprint density at radius 1 is 1.30 bits per heavy atom. The molecule has 6 heteroatoms. The fourth-order valence-electron chi connectivity index (χ4n) is 2.65. The maximum atomic E-state index is 11.9. The molecule has 1 aliphatic rings. The summed E-state index contributed by atoms with van der Waals surface area (Å²) in [6.45, 7) is 6.83. The molecule has 0 aromatic carbocycles. The smallest absolute Gasteiger partial charge is 0.329 e. The molecule has 0 aromatic heterocycles. The lowest BCUT2D eigenvalue weighted by Crippen LogP contribution is -2.57. The van der Waals surface area contributed by atoms with Crippen LogP contribution in [0.15, 0.2) is 0 Å². The van der Waals surface area contributed by atoms with E-state index in [1.807, 2.05) is 0 Å². The maximum Gasteiger partial charge on any atom is 0.329 e. The van der Waals surface area contributed by atoms with E-state index in [9.17, 15) is 14.7 Å². The topological polar surface area (TPSA) is 87.7 Å². The summed E-state index contributed by atoms with van der Waals surface area (Å²) >= 11 is 0. The molecule has 0 bridgehead atoms. The van der Waals surface area contributed by atoms with Crippen molar-refractivity contribution in [2.75, 3.05) is 13.2 Å².